The number of carbonyl (C=O) groups is 1. The van der Waals surface area contributed by atoms with Crippen molar-refractivity contribution in [3.63, 3.8) is 0 Å². The molecule has 1 fully saturated rings. The van der Waals surface area contributed by atoms with E-state index in [1.54, 1.807) is 42.9 Å². The first-order valence-corrected chi connectivity index (χ1v) is 14.5. The second-order valence-corrected chi connectivity index (χ2v) is 11.1. The number of nitrogens with zero attached hydrogens (tertiary/aromatic N) is 6. The molecule has 238 valence electrons. The number of β-amino-alcohol motifs (C(OH)–C–C–N with tert-alkyl or cyclic N) is 1. The summed E-state index contributed by atoms with van der Waals surface area (Å²) in [6.07, 6.45) is -3.69. The number of aliphatic hydroxyl groups excluding tert-OH is 1. The highest BCUT2D eigenvalue weighted by Crippen LogP contribution is 2.34. The lowest BCUT2D eigenvalue weighted by atomic mass is 10.1. The molecule has 1 aliphatic heterocycles. The lowest BCUT2D eigenvalue weighted by Crippen LogP contribution is -2.48. The van der Waals surface area contributed by atoms with Gasteiger partial charge in [0, 0.05) is 74.5 Å². The van der Waals surface area contributed by atoms with Gasteiger partial charge in [0.25, 0.3) is 5.91 Å². The molecule has 0 radical (unpaired) electrons. The number of aliphatic hydroxyl groups is 1. The molecule has 0 aliphatic carbocycles. The van der Waals surface area contributed by atoms with Crippen LogP contribution in [0.15, 0.2) is 54.9 Å². The molecule has 0 bridgehead atoms. The molecule has 1 atom stereocenters. The quantitative estimate of drug-likeness (QED) is 0.208. The van der Waals surface area contributed by atoms with Gasteiger partial charge in [0.05, 0.1) is 17.4 Å². The van der Waals surface area contributed by atoms with Crippen LogP contribution in [0.3, 0.4) is 0 Å². The maximum absolute atomic E-state index is 13.9. The zero-order valence-corrected chi connectivity index (χ0v) is 25.5. The van der Waals surface area contributed by atoms with Crippen molar-refractivity contribution in [2.75, 3.05) is 60.6 Å². The number of halogens is 3. The van der Waals surface area contributed by atoms with E-state index in [0.717, 1.165) is 23.4 Å². The van der Waals surface area contributed by atoms with Gasteiger partial charge in [0.1, 0.15) is 18.0 Å². The summed E-state index contributed by atoms with van der Waals surface area (Å²) in [6.45, 7) is 8.08. The lowest BCUT2D eigenvalue weighted by molar-refractivity contribution is -0.137. The number of aromatic nitrogens is 4. The minimum absolute atomic E-state index is 0.0980. The predicted octanol–water partition coefficient (Wildman–Crippen LogP) is 4.84. The highest BCUT2D eigenvalue weighted by molar-refractivity contribution is 6.05. The Balaban J connectivity index is 1.37. The monoisotopic (exact) mass is 623 g/mol. The molecule has 1 amide bonds. The molecule has 0 spiro atoms. The van der Waals surface area contributed by atoms with Crippen LogP contribution in [0.2, 0.25) is 0 Å². The summed E-state index contributed by atoms with van der Waals surface area (Å²) in [5, 5.41) is 23.3. The fourth-order valence-corrected chi connectivity index (χ4v) is 5.19. The standard InChI is InChI=1S/C31H36F3N9O2/c1-19-5-6-24(15-26(19)39-29-11-20(2)40-43(29)28-16-27(35-4)36-18-37-28)38-30(45)22-12-23(31(32,33)34)14-25(13-22)42-9-7-41(8-10-42)17-21(3)44/h5-6,11-16,18,21,39,44H,7-10,17H2,1-4H3,(H,38,45)(H,35,36,37). The van der Waals surface area contributed by atoms with Crippen LogP contribution >= 0.6 is 0 Å². The lowest BCUT2D eigenvalue weighted by Gasteiger charge is -2.37. The fraction of sp³-hybridized carbons (Fsp3) is 0.355. The van der Waals surface area contributed by atoms with Crippen LogP contribution in [0, 0.1) is 13.8 Å². The Morgan fingerprint density at radius 2 is 1.78 bits per heavy atom. The van der Waals surface area contributed by atoms with Gasteiger partial charge in [-0.15, -0.1) is 0 Å². The highest BCUT2D eigenvalue weighted by atomic mass is 19.4. The van der Waals surface area contributed by atoms with E-state index in [1.807, 2.05) is 24.8 Å². The largest absolute Gasteiger partial charge is 0.416 e. The molecule has 2 aromatic carbocycles. The first-order valence-electron chi connectivity index (χ1n) is 14.5. The Labute approximate surface area is 259 Å². The molecule has 0 saturated carbocycles. The van der Waals surface area contributed by atoms with Crippen molar-refractivity contribution < 1.29 is 23.1 Å². The summed E-state index contributed by atoms with van der Waals surface area (Å²) >= 11 is 0. The van der Waals surface area contributed by atoms with Gasteiger partial charge >= 0.3 is 6.18 Å². The van der Waals surface area contributed by atoms with Crippen molar-refractivity contribution in [3.8, 4) is 5.82 Å². The molecule has 11 nitrogen and oxygen atoms in total. The van der Waals surface area contributed by atoms with Gasteiger partial charge in [-0.3, -0.25) is 9.69 Å². The summed E-state index contributed by atoms with van der Waals surface area (Å²) in [6, 6.07) is 12.3. The minimum Gasteiger partial charge on any atom is -0.392 e. The summed E-state index contributed by atoms with van der Waals surface area (Å²) < 4.78 is 43.3. The van der Waals surface area contributed by atoms with E-state index in [0.29, 0.717) is 67.2 Å². The number of benzene rings is 2. The summed E-state index contributed by atoms with van der Waals surface area (Å²) in [5.74, 6) is 1.12. The number of aryl methyl sites for hydroxylation is 2. The highest BCUT2D eigenvalue weighted by Gasteiger charge is 2.33. The molecule has 4 aromatic rings. The topological polar surface area (TPSA) is 123 Å². The zero-order valence-electron chi connectivity index (χ0n) is 25.5. The van der Waals surface area contributed by atoms with Crippen molar-refractivity contribution in [1.82, 2.24) is 24.6 Å². The Bertz CT molecular complexity index is 1660. The predicted molar refractivity (Wildman–Crippen MR) is 168 cm³/mol. The second-order valence-electron chi connectivity index (χ2n) is 11.1. The van der Waals surface area contributed by atoms with Crippen LogP contribution in [-0.2, 0) is 6.18 Å². The Morgan fingerprint density at radius 3 is 2.47 bits per heavy atom. The van der Waals surface area contributed by atoms with E-state index in [1.165, 1.54) is 12.4 Å². The van der Waals surface area contributed by atoms with Crippen LogP contribution in [0.4, 0.5) is 41.9 Å². The van der Waals surface area contributed by atoms with Gasteiger partial charge in [-0.25, -0.2) is 9.97 Å². The molecule has 3 heterocycles. The summed E-state index contributed by atoms with van der Waals surface area (Å²) in [7, 11) is 1.75. The Morgan fingerprint density at radius 1 is 1.02 bits per heavy atom. The molecule has 1 aliphatic rings. The van der Waals surface area contributed by atoms with E-state index in [9.17, 15) is 23.1 Å². The van der Waals surface area contributed by atoms with Crippen molar-refractivity contribution in [2.24, 2.45) is 0 Å². The average molecular weight is 624 g/mol. The third-order valence-corrected chi connectivity index (χ3v) is 7.48. The van der Waals surface area contributed by atoms with E-state index in [4.69, 9.17) is 0 Å². The molecule has 45 heavy (non-hydrogen) atoms. The minimum atomic E-state index is -4.63. The maximum Gasteiger partial charge on any atom is 0.416 e. The van der Waals surface area contributed by atoms with Gasteiger partial charge in [-0.05, 0) is 56.7 Å². The molecular formula is C31H36F3N9O2. The number of hydrogen-bond donors (Lipinski definition) is 4. The number of nitrogens with one attached hydrogen (secondary N) is 3. The number of rotatable bonds is 9. The molecule has 2 aromatic heterocycles. The van der Waals surface area contributed by atoms with E-state index in [-0.39, 0.29) is 5.56 Å². The van der Waals surface area contributed by atoms with Gasteiger partial charge in [-0.2, -0.15) is 23.0 Å². The van der Waals surface area contributed by atoms with Gasteiger partial charge in [-0.1, -0.05) is 6.07 Å². The number of alkyl halides is 3. The normalized spacial score (nSPS) is 14.7. The van der Waals surface area contributed by atoms with Crippen molar-refractivity contribution in [2.45, 2.75) is 33.1 Å². The summed E-state index contributed by atoms with van der Waals surface area (Å²) in [5.41, 5.74) is 2.02. The molecule has 14 heteroatoms. The van der Waals surface area contributed by atoms with Gasteiger partial charge in [0.15, 0.2) is 5.82 Å². The van der Waals surface area contributed by atoms with Crippen LogP contribution in [0.5, 0.6) is 0 Å². The maximum atomic E-state index is 13.9. The Kier molecular flexibility index (Phi) is 9.25. The van der Waals surface area contributed by atoms with E-state index in [2.05, 4.69) is 35.9 Å². The number of amides is 1. The van der Waals surface area contributed by atoms with Crippen molar-refractivity contribution >= 4 is 34.6 Å². The third kappa shape index (κ3) is 7.70. The molecule has 1 saturated heterocycles. The number of hydrogen-bond acceptors (Lipinski definition) is 9. The number of carbonyl (C=O) groups excluding carboxylic acids is 1. The first kappa shape index (κ1) is 31.7. The van der Waals surface area contributed by atoms with Crippen molar-refractivity contribution in [3.05, 3.63) is 77.2 Å². The van der Waals surface area contributed by atoms with Gasteiger partial charge in [0.2, 0.25) is 0 Å². The van der Waals surface area contributed by atoms with E-state index >= 15 is 0 Å². The van der Waals surface area contributed by atoms with Crippen molar-refractivity contribution in [1.29, 1.82) is 0 Å². The SMILES string of the molecule is CNc1cc(-n2nc(C)cc2Nc2cc(NC(=O)c3cc(N4CCN(CC(C)O)CC4)cc(C(F)(F)F)c3)ccc2C)ncn1. The van der Waals surface area contributed by atoms with Crippen LogP contribution in [0.25, 0.3) is 5.82 Å². The second kappa shape index (κ2) is 13.1. The molecule has 5 rings (SSSR count). The smallest absolute Gasteiger partial charge is 0.392 e. The van der Waals surface area contributed by atoms with E-state index < -0.39 is 23.8 Å². The number of anilines is 5. The Hall–Kier alpha value is -4.69. The first-order chi connectivity index (χ1) is 21.4. The summed E-state index contributed by atoms with van der Waals surface area (Å²) in [4.78, 5) is 25.7. The van der Waals surface area contributed by atoms with Crippen LogP contribution < -0.4 is 20.9 Å². The van der Waals surface area contributed by atoms with Gasteiger partial charge < -0.3 is 26.0 Å². The molecule has 4 N–H and O–H groups in total. The average Bonchev–Trinajstić information content (AvgIpc) is 3.38. The number of piperazine rings is 1. The zero-order chi connectivity index (χ0) is 32.3. The van der Waals surface area contributed by atoms with Crippen LogP contribution in [-0.4, -0.2) is 81.5 Å². The fourth-order valence-electron chi connectivity index (χ4n) is 5.19. The van der Waals surface area contributed by atoms with Crippen LogP contribution in [0.1, 0.15) is 34.1 Å². The third-order valence-electron chi connectivity index (χ3n) is 7.48. The molecule has 1 unspecified atom stereocenters. The molecular weight excluding hydrogens is 587 g/mol.